The summed E-state index contributed by atoms with van der Waals surface area (Å²) in [6, 6.07) is 17.6. The van der Waals surface area contributed by atoms with E-state index in [4.69, 9.17) is 9.47 Å². The summed E-state index contributed by atoms with van der Waals surface area (Å²) in [6.07, 6.45) is 3.41. The second-order valence-corrected chi connectivity index (χ2v) is 7.52. The number of hydrogen-bond donors (Lipinski definition) is 0. The molecule has 4 rings (SSSR count). The van der Waals surface area contributed by atoms with E-state index in [2.05, 4.69) is 15.2 Å². The highest BCUT2D eigenvalue weighted by Gasteiger charge is 2.16. The standard InChI is InChI=1S/C23H21FN4O2S/c1-2-29-20-7-9-21(10-8-20)30-15-16-31-23-27-26-22(17-11-13-25-14-12-17)28(23)19-5-3-18(24)4-6-19/h3-14H,2,15-16H2,1H3. The van der Waals surface area contributed by atoms with Crippen LogP contribution in [-0.2, 0) is 0 Å². The first-order valence-electron chi connectivity index (χ1n) is 9.85. The van der Waals surface area contributed by atoms with E-state index in [0.29, 0.717) is 29.9 Å². The predicted octanol–water partition coefficient (Wildman–Crippen LogP) is 5.04. The number of hydrogen-bond acceptors (Lipinski definition) is 6. The molecule has 2 aromatic heterocycles. The van der Waals surface area contributed by atoms with Gasteiger partial charge in [-0.3, -0.25) is 9.55 Å². The van der Waals surface area contributed by atoms with Crippen LogP contribution < -0.4 is 9.47 Å². The zero-order valence-corrected chi connectivity index (χ0v) is 17.8. The average Bonchev–Trinajstić information content (AvgIpc) is 3.23. The molecule has 0 fully saturated rings. The zero-order valence-electron chi connectivity index (χ0n) is 16.9. The normalized spacial score (nSPS) is 10.8. The minimum Gasteiger partial charge on any atom is -0.494 e. The highest BCUT2D eigenvalue weighted by atomic mass is 32.2. The fraction of sp³-hybridized carbons (Fsp3) is 0.174. The number of thioether (sulfide) groups is 1. The molecule has 0 spiro atoms. The number of ether oxygens (including phenoxy) is 2. The van der Waals surface area contributed by atoms with Crippen molar-refractivity contribution >= 4 is 11.8 Å². The molecule has 0 amide bonds. The molecule has 0 unspecified atom stereocenters. The maximum Gasteiger partial charge on any atom is 0.196 e. The average molecular weight is 437 g/mol. The van der Waals surface area contributed by atoms with E-state index in [1.807, 2.05) is 47.9 Å². The number of rotatable bonds is 9. The van der Waals surface area contributed by atoms with Crippen molar-refractivity contribution in [2.24, 2.45) is 0 Å². The van der Waals surface area contributed by atoms with Crippen LogP contribution >= 0.6 is 11.8 Å². The number of pyridine rings is 1. The molecule has 31 heavy (non-hydrogen) atoms. The first-order chi connectivity index (χ1) is 15.2. The van der Waals surface area contributed by atoms with Crippen molar-refractivity contribution in [3.8, 4) is 28.6 Å². The molecule has 8 heteroatoms. The van der Waals surface area contributed by atoms with Gasteiger partial charge in [0, 0.05) is 29.4 Å². The van der Waals surface area contributed by atoms with Gasteiger partial charge in [-0.15, -0.1) is 10.2 Å². The van der Waals surface area contributed by atoms with Crippen LogP contribution in [0.15, 0.2) is 78.2 Å². The Kier molecular flexibility index (Phi) is 6.78. The molecular formula is C23H21FN4O2S. The van der Waals surface area contributed by atoms with Crippen LogP contribution in [0.2, 0.25) is 0 Å². The highest BCUT2D eigenvalue weighted by Crippen LogP contribution is 2.28. The lowest BCUT2D eigenvalue weighted by Gasteiger charge is -2.11. The topological polar surface area (TPSA) is 62.1 Å². The Bertz CT molecular complexity index is 1100. The van der Waals surface area contributed by atoms with Gasteiger partial charge in [0.25, 0.3) is 0 Å². The van der Waals surface area contributed by atoms with Gasteiger partial charge >= 0.3 is 0 Å². The van der Waals surface area contributed by atoms with Crippen molar-refractivity contribution < 1.29 is 13.9 Å². The Morgan fingerprint density at radius 1 is 0.871 bits per heavy atom. The van der Waals surface area contributed by atoms with Crippen LogP contribution in [0, 0.1) is 5.82 Å². The van der Waals surface area contributed by atoms with Gasteiger partial charge in [0.05, 0.1) is 13.2 Å². The molecule has 0 aliphatic carbocycles. The van der Waals surface area contributed by atoms with E-state index in [1.54, 1.807) is 24.5 Å². The van der Waals surface area contributed by atoms with Gasteiger partial charge in [0.2, 0.25) is 0 Å². The smallest absolute Gasteiger partial charge is 0.196 e. The molecule has 0 saturated carbocycles. The molecule has 0 atom stereocenters. The zero-order chi connectivity index (χ0) is 21.5. The summed E-state index contributed by atoms with van der Waals surface area (Å²) in [7, 11) is 0. The molecule has 6 nitrogen and oxygen atoms in total. The number of nitrogens with zero attached hydrogens (tertiary/aromatic N) is 4. The first kappa shape index (κ1) is 20.9. The Labute approximate surface area is 184 Å². The van der Waals surface area contributed by atoms with E-state index in [9.17, 15) is 4.39 Å². The van der Waals surface area contributed by atoms with Crippen molar-refractivity contribution in [2.45, 2.75) is 12.1 Å². The van der Waals surface area contributed by atoms with E-state index in [0.717, 1.165) is 22.7 Å². The Morgan fingerprint density at radius 2 is 1.55 bits per heavy atom. The summed E-state index contributed by atoms with van der Waals surface area (Å²) in [6.45, 7) is 3.08. The van der Waals surface area contributed by atoms with Crippen molar-refractivity contribution in [3.63, 3.8) is 0 Å². The second kappa shape index (κ2) is 10.1. The number of halogens is 1. The Hall–Kier alpha value is -3.39. The van der Waals surface area contributed by atoms with E-state index >= 15 is 0 Å². The van der Waals surface area contributed by atoms with Crippen LogP contribution in [-0.4, -0.2) is 38.7 Å². The maximum atomic E-state index is 13.5. The number of benzene rings is 2. The lowest BCUT2D eigenvalue weighted by molar-refractivity contribution is 0.332. The van der Waals surface area contributed by atoms with Gasteiger partial charge < -0.3 is 9.47 Å². The minimum atomic E-state index is -0.291. The lowest BCUT2D eigenvalue weighted by Crippen LogP contribution is -2.03. The van der Waals surface area contributed by atoms with E-state index < -0.39 is 0 Å². The Morgan fingerprint density at radius 3 is 2.23 bits per heavy atom. The second-order valence-electron chi connectivity index (χ2n) is 6.46. The molecule has 0 radical (unpaired) electrons. The van der Waals surface area contributed by atoms with Gasteiger partial charge in [0.15, 0.2) is 11.0 Å². The van der Waals surface area contributed by atoms with Gasteiger partial charge in [-0.05, 0) is 67.6 Å². The summed E-state index contributed by atoms with van der Waals surface area (Å²) in [5, 5.41) is 9.43. The number of aromatic nitrogens is 4. The van der Waals surface area contributed by atoms with Gasteiger partial charge in [0.1, 0.15) is 17.3 Å². The molecule has 0 aliphatic heterocycles. The Balaban J connectivity index is 1.47. The third-order valence-corrected chi connectivity index (χ3v) is 5.27. The third kappa shape index (κ3) is 5.21. The largest absolute Gasteiger partial charge is 0.494 e. The lowest BCUT2D eigenvalue weighted by atomic mass is 10.2. The van der Waals surface area contributed by atoms with Crippen LogP contribution in [0.25, 0.3) is 17.1 Å². The van der Waals surface area contributed by atoms with Gasteiger partial charge in [-0.2, -0.15) is 0 Å². The molecule has 0 bridgehead atoms. The summed E-state index contributed by atoms with van der Waals surface area (Å²) in [5.74, 6) is 2.65. The summed E-state index contributed by atoms with van der Waals surface area (Å²) in [4.78, 5) is 4.06. The quantitative estimate of drug-likeness (QED) is 0.271. The van der Waals surface area contributed by atoms with Gasteiger partial charge in [-0.25, -0.2) is 4.39 Å². The first-order valence-corrected chi connectivity index (χ1v) is 10.8. The SMILES string of the molecule is CCOc1ccc(OCCSc2nnc(-c3ccncc3)n2-c2ccc(F)cc2)cc1. The van der Waals surface area contributed by atoms with Crippen LogP contribution in [0.1, 0.15) is 6.92 Å². The molecule has 2 aromatic carbocycles. The predicted molar refractivity (Wildman–Crippen MR) is 118 cm³/mol. The molecular weight excluding hydrogens is 415 g/mol. The summed E-state index contributed by atoms with van der Waals surface area (Å²) in [5.41, 5.74) is 1.66. The van der Waals surface area contributed by atoms with Gasteiger partial charge in [-0.1, -0.05) is 11.8 Å². The van der Waals surface area contributed by atoms with Crippen LogP contribution in [0.3, 0.4) is 0 Å². The van der Waals surface area contributed by atoms with E-state index in [-0.39, 0.29) is 5.82 Å². The minimum absolute atomic E-state index is 0.291. The molecule has 4 aromatic rings. The van der Waals surface area contributed by atoms with Crippen molar-refractivity contribution in [3.05, 3.63) is 78.9 Å². The monoisotopic (exact) mass is 436 g/mol. The molecule has 0 N–H and O–H groups in total. The third-order valence-electron chi connectivity index (χ3n) is 4.37. The molecule has 2 heterocycles. The summed E-state index contributed by atoms with van der Waals surface area (Å²) >= 11 is 1.52. The van der Waals surface area contributed by atoms with Crippen LogP contribution in [0.5, 0.6) is 11.5 Å². The maximum absolute atomic E-state index is 13.5. The fourth-order valence-electron chi connectivity index (χ4n) is 2.97. The molecule has 0 aliphatic rings. The van der Waals surface area contributed by atoms with Crippen molar-refractivity contribution in [2.75, 3.05) is 19.0 Å². The summed E-state index contributed by atoms with van der Waals surface area (Å²) < 4.78 is 26.6. The van der Waals surface area contributed by atoms with Crippen molar-refractivity contribution in [1.82, 2.24) is 19.7 Å². The molecule has 0 saturated heterocycles. The molecule has 158 valence electrons. The highest BCUT2D eigenvalue weighted by molar-refractivity contribution is 7.99. The van der Waals surface area contributed by atoms with Crippen molar-refractivity contribution in [1.29, 1.82) is 0 Å². The van der Waals surface area contributed by atoms with Crippen LogP contribution in [0.4, 0.5) is 4.39 Å². The fourth-order valence-corrected chi connectivity index (χ4v) is 3.73. The van der Waals surface area contributed by atoms with E-state index in [1.165, 1.54) is 23.9 Å².